The van der Waals surface area contributed by atoms with E-state index >= 15 is 0 Å². The van der Waals surface area contributed by atoms with Crippen LogP contribution < -0.4 is 0 Å². The number of nitrogens with zero attached hydrogens (tertiary/aromatic N) is 1. The molecule has 1 heterocycles. The van der Waals surface area contributed by atoms with Gasteiger partial charge in [-0.2, -0.15) is 0 Å². The van der Waals surface area contributed by atoms with E-state index in [1.807, 2.05) is 23.1 Å². The standard InChI is InChI=1S/C15H19NO2/c17-11-15-8-4-7-13(15)16(14(18)9-15)10-12-5-2-1-3-6-12/h1-3,5-6,13,17H,4,7-11H2/t13-,15-/m0/s1. The molecule has 3 nitrogen and oxygen atoms in total. The highest BCUT2D eigenvalue weighted by molar-refractivity contribution is 5.80. The average Bonchev–Trinajstić information content (AvgIpc) is 2.90. The molecule has 96 valence electrons. The van der Waals surface area contributed by atoms with Crippen LogP contribution in [0.2, 0.25) is 0 Å². The van der Waals surface area contributed by atoms with Crippen molar-refractivity contribution in [2.75, 3.05) is 6.61 Å². The SMILES string of the molecule is O=C1C[C@]2(CO)CCC[C@@H]2N1Cc1ccccc1. The summed E-state index contributed by atoms with van der Waals surface area (Å²) in [6.45, 7) is 0.834. The van der Waals surface area contributed by atoms with E-state index in [4.69, 9.17) is 0 Å². The van der Waals surface area contributed by atoms with Crippen molar-refractivity contribution in [3.05, 3.63) is 35.9 Å². The number of amides is 1. The highest BCUT2D eigenvalue weighted by Crippen LogP contribution is 2.49. The highest BCUT2D eigenvalue weighted by Gasteiger charge is 2.53. The van der Waals surface area contributed by atoms with Gasteiger partial charge in [0.15, 0.2) is 0 Å². The normalized spacial score (nSPS) is 30.8. The van der Waals surface area contributed by atoms with Crippen molar-refractivity contribution in [3.63, 3.8) is 0 Å². The molecule has 2 fully saturated rings. The molecule has 0 radical (unpaired) electrons. The minimum atomic E-state index is -0.147. The van der Waals surface area contributed by atoms with Gasteiger partial charge in [0, 0.05) is 24.4 Å². The van der Waals surface area contributed by atoms with E-state index in [0.717, 1.165) is 19.3 Å². The molecule has 3 heteroatoms. The first-order valence-electron chi connectivity index (χ1n) is 6.69. The van der Waals surface area contributed by atoms with Gasteiger partial charge in [0.05, 0.1) is 6.61 Å². The van der Waals surface area contributed by atoms with Crippen molar-refractivity contribution in [3.8, 4) is 0 Å². The summed E-state index contributed by atoms with van der Waals surface area (Å²) in [6.07, 6.45) is 3.69. The Morgan fingerprint density at radius 3 is 2.83 bits per heavy atom. The molecular formula is C15H19NO2. The van der Waals surface area contributed by atoms with Gasteiger partial charge < -0.3 is 10.0 Å². The quantitative estimate of drug-likeness (QED) is 0.884. The first-order valence-corrected chi connectivity index (χ1v) is 6.69. The fourth-order valence-electron chi connectivity index (χ4n) is 3.61. The lowest BCUT2D eigenvalue weighted by Gasteiger charge is -2.30. The van der Waals surface area contributed by atoms with Crippen molar-refractivity contribution in [2.24, 2.45) is 5.41 Å². The summed E-state index contributed by atoms with van der Waals surface area (Å²) in [5.41, 5.74) is 1.03. The molecule has 1 aliphatic carbocycles. The Morgan fingerprint density at radius 2 is 2.11 bits per heavy atom. The molecular weight excluding hydrogens is 226 g/mol. The van der Waals surface area contributed by atoms with Crippen LogP contribution >= 0.6 is 0 Å². The van der Waals surface area contributed by atoms with Crippen LogP contribution in [0.25, 0.3) is 0 Å². The number of hydrogen-bond donors (Lipinski definition) is 1. The molecule has 1 saturated heterocycles. The lowest BCUT2D eigenvalue weighted by atomic mass is 9.83. The van der Waals surface area contributed by atoms with Gasteiger partial charge in [0.25, 0.3) is 0 Å². The Morgan fingerprint density at radius 1 is 1.33 bits per heavy atom. The maximum absolute atomic E-state index is 12.2. The Balaban J connectivity index is 1.82. The molecule has 0 unspecified atom stereocenters. The van der Waals surface area contributed by atoms with E-state index < -0.39 is 0 Å². The second kappa shape index (κ2) is 4.39. The fourth-order valence-corrected chi connectivity index (χ4v) is 3.61. The number of hydrogen-bond acceptors (Lipinski definition) is 2. The van der Waals surface area contributed by atoms with Gasteiger partial charge in [-0.3, -0.25) is 4.79 Å². The predicted molar refractivity (Wildman–Crippen MR) is 68.8 cm³/mol. The van der Waals surface area contributed by atoms with Gasteiger partial charge >= 0.3 is 0 Å². The maximum atomic E-state index is 12.2. The summed E-state index contributed by atoms with van der Waals surface area (Å²) in [5, 5.41) is 9.65. The molecule has 2 aliphatic rings. The monoisotopic (exact) mass is 245 g/mol. The molecule has 18 heavy (non-hydrogen) atoms. The van der Waals surface area contributed by atoms with Gasteiger partial charge in [-0.1, -0.05) is 36.8 Å². The molecule has 1 amide bonds. The maximum Gasteiger partial charge on any atom is 0.223 e. The summed E-state index contributed by atoms with van der Waals surface area (Å²) in [6, 6.07) is 10.4. The fraction of sp³-hybridized carbons (Fsp3) is 0.533. The summed E-state index contributed by atoms with van der Waals surface area (Å²) in [7, 11) is 0. The Hall–Kier alpha value is -1.35. The molecule has 1 aliphatic heterocycles. The van der Waals surface area contributed by atoms with Crippen LogP contribution in [0.5, 0.6) is 0 Å². The number of fused-ring (bicyclic) bond motifs is 1. The average molecular weight is 245 g/mol. The van der Waals surface area contributed by atoms with E-state index in [2.05, 4.69) is 12.1 Å². The lowest BCUT2D eigenvalue weighted by Crippen LogP contribution is -2.38. The number of rotatable bonds is 3. The smallest absolute Gasteiger partial charge is 0.223 e. The zero-order chi connectivity index (χ0) is 12.6. The van der Waals surface area contributed by atoms with Gasteiger partial charge in [-0.25, -0.2) is 0 Å². The molecule has 0 bridgehead atoms. The van der Waals surface area contributed by atoms with Crippen molar-refractivity contribution in [1.82, 2.24) is 4.90 Å². The molecule has 1 aromatic carbocycles. The highest BCUT2D eigenvalue weighted by atomic mass is 16.3. The van der Waals surface area contributed by atoms with E-state index in [-0.39, 0.29) is 24.0 Å². The number of carbonyl (C=O) groups is 1. The topological polar surface area (TPSA) is 40.5 Å². The third-order valence-corrected chi connectivity index (χ3v) is 4.57. The van der Waals surface area contributed by atoms with E-state index in [0.29, 0.717) is 13.0 Å². The number of aliphatic hydroxyl groups is 1. The van der Waals surface area contributed by atoms with Crippen LogP contribution in [0.1, 0.15) is 31.2 Å². The third-order valence-electron chi connectivity index (χ3n) is 4.57. The Bertz CT molecular complexity index is 445. The summed E-state index contributed by atoms with van der Waals surface area (Å²) < 4.78 is 0. The van der Waals surface area contributed by atoms with Crippen LogP contribution in [0.4, 0.5) is 0 Å². The van der Waals surface area contributed by atoms with Crippen LogP contribution in [0.15, 0.2) is 30.3 Å². The second-order valence-corrected chi connectivity index (χ2v) is 5.61. The molecule has 1 N–H and O–H groups in total. The minimum Gasteiger partial charge on any atom is -0.396 e. The second-order valence-electron chi connectivity index (χ2n) is 5.61. The summed E-state index contributed by atoms with van der Waals surface area (Å²) in [5.74, 6) is 0.206. The number of carbonyl (C=O) groups excluding carboxylic acids is 1. The van der Waals surface area contributed by atoms with Crippen molar-refractivity contribution >= 4 is 5.91 Å². The lowest BCUT2D eigenvalue weighted by molar-refractivity contribution is -0.129. The molecule has 0 aromatic heterocycles. The Kier molecular flexibility index (Phi) is 2.86. The number of benzene rings is 1. The van der Waals surface area contributed by atoms with E-state index in [1.165, 1.54) is 5.56 Å². The number of likely N-dealkylation sites (tertiary alicyclic amines) is 1. The first kappa shape index (κ1) is 11.7. The van der Waals surface area contributed by atoms with E-state index in [1.54, 1.807) is 0 Å². The molecule has 0 spiro atoms. The van der Waals surface area contributed by atoms with Crippen molar-refractivity contribution < 1.29 is 9.90 Å². The van der Waals surface area contributed by atoms with Crippen LogP contribution in [-0.4, -0.2) is 28.6 Å². The molecule has 1 aromatic rings. The van der Waals surface area contributed by atoms with Crippen LogP contribution in [0, 0.1) is 5.41 Å². The Labute approximate surface area is 107 Å². The van der Waals surface area contributed by atoms with Crippen molar-refractivity contribution in [2.45, 2.75) is 38.3 Å². The van der Waals surface area contributed by atoms with Gasteiger partial charge in [-0.05, 0) is 18.4 Å². The first-order chi connectivity index (χ1) is 8.75. The zero-order valence-electron chi connectivity index (χ0n) is 10.5. The zero-order valence-corrected chi connectivity index (χ0v) is 10.5. The van der Waals surface area contributed by atoms with Crippen LogP contribution in [0.3, 0.4) is 0 Å². The summed E-state index contributed by atoms with van der Waals surface area (Å²) in [4.78, 5) is 14.2. The number of aliphatic hydroxyl groups excluding tert-OH is 1. The third kappa shape index (κ3) is 1.74. The predicted octanol–water partition coefficient (Wildman–Crippen LogP) is 1.95. The molecule has 1 saturated carbocycles. The largest absolute Gasteiger partial charge is 0.396 e. The van der Waals surface area contributed by atoms with Gasteiger partial charge in [0.1, 0.15) is 0 Å². The molecule has 3 rings (SSSR count). The summed E-state index contributed by atoms with van der Waals surface area (Å²) >= 11 is 0. The van der Waals surface area contributed by atoms with Gasteiger partial charge in [-0.15, -0.1) is 0 Å². The minimum absolute atomic E-state index is 0.147. The molecule has 2 atom stereocenters. The van der Waals surface area contributed by atoms with Crippen molar-refractivity contribution in [1.29, 1.82) is 0 Å². The van der Waals surface area contributed by atoms with E-state index in [9.17, 15) is 9.90 Å². The van der Waals surface area contributed by atoms with Gasteiger partial charge in [0.2, 0.25) is 5.91 Å². The van der Waals surface area contributed by atoms with Crippen LogP contribution in [-0.2, 0) is 11.3 Å².